The number of amides is 1. The fraction of sp³-hybridized carbons (Fsp3) is 0.103. The van der Waals surface area contributed by atoms with Crippen molar-refractivity contribution >= 4 is 57.0 Å². The van der Waals surface area contributed by atoms with Gasteiger partial charge in [0, 0.05) is 5.02 Å². The maximum Gasteiger partial charge on any atom is 0.264 e. The van der Waals surface area contributed by atoms with Crippen LogP contribution < -0.4 is 14.8 Å². The Balaban J connectivity index is 1.31. The zero-order valence-corrected chi connectivity index (χ0v) is 21.3. The summed E-state index contributed by atoms with van der Waals surface area (Å²) in [5.41, 5.74) is 3.48. The lowest BCUT2D eigenvalue weighted by Gasteiger charge is -2.12. The lowest BCUT2D eigenvalue weighted by atomic mass is 10.1. The van der Waals surface area contributed by atoms with Gasteiger partial charge in [-0.15, -0.1) is 0 Å². The van der Waals surface area contributed by atoms with Gasteiger partial charge in [0.05, 0.1) is 17.7 Å². The number of nitrogens with one attached hydrogen (secondary N) is 1. The summed E-state index contributed by atoms with van der Waals surface area (Å²) in [5.74, 6) is 1.03. The number of hydrogen-bond donors (Lipinski definition) is 1. The number of aliphatic imine (C=N–C) groups is 1. The van der Waals surface area contributed by atoms with Gasteiger partial charge >= 0.3 is 0 Å². The van der Waals surface area contributed by atoms with E-state index < -0.39 is 0 Å². The van der Waals surface area contributed by atoms with E-state index in [2.05, 4.69) is 40.6 Å². The van der Waals surface area contributed by atoms with E-state index in [1.165, 1.54) is 22.5 Å². The monoisotopic (exact) mass is 514 g/mol. The highest BCUT2D eigenvalue weighted by molar-refractivity contribution is 8.18. The fourth-order valence-corrected chi connectivity index (χ4v) is 4.85. The number of thioether (sulfide) groups is 1. The number of hydrogen-bond acceptors (Lipinski definition) is 5. The number of ether oxygens (including phenoxy) is 2. The van der Waals surface area contributed by atoms with Crippen molar-refractivity contribution in [3.8, 4) is 11.5 Å². The molecule has 1 N–H and O–H groups in total. The van der Waals surface area contributed by atoms with Gasteiger partial charge in [-0.2, -0.15) is 0 Å². The third-order valence-corrected chi connectivity index (χ3v) is 7.12. The predicted molar refractivity (Wildman–Crippen MR) is 148 cm³/mol. The third kappa shape index (κ3) is 5.25. The van der Waals surface area contributed by atoms with Gasteiger partial charge in [0.2, 0.25) is 0 Å². The number of nitrogens with zero attached hydrogens (tertiary/aromatic N) is 1. The van der Waals surface area contributed by atoms with Gasteiger partial charge in [0.15, 0.2) is 16.7 Å². The molecule has 36 heavy (non-hydrogen) atoms. The quantitative estimate of drug-likeness (QED) is 0.275. The van der Waals surface area contributed by atoms with Crippen molar-refractivity contribution in [1.29, 1.82) is 0 Å². The van der Waals surface area contributed by atoms with Crippen LogP contribution in [0.2, 0.25) is 5.02 Å². The fourth-order valence-electron chi connectivity index (χ4n) is 3.84. The van der Waals surface area contributed by atoms with E-state index in [0.717, 1.165) is 22.4 Å². The van der Waals surface area contributed by atoms with Crippen LogP contribution in [0.5, 0.6) is 11.5 Å². The van der Waals surface area contributed by atoms with Crippen molar-refractivity contribution in [3.05, 3.63) is 105 Å². The number of carbonyl (C=O) groups is 1. The molecule has 0 bridgehead atoms. The van der Waals surface area contributed by atoms with Crippen LogP contribution in [-0.2, 0) is 11.4 Å². The minimum Gasteiger partial charge on any atom is -0.493 e. The Labute approximate surface area is 218 Å². The molecule has 1 aliphatic rings. The second-order valence-corrected chi connectivity index (χ2v) is 9.68. The van der Waals surface area contributed by atoms with E-state index in [4.69, 9.17) is 21.1 Å². The number of carbonyl (C=O) groups excluding carboxylic acids is 1. The van der Waals surface area contributed by atoms with Crippen molar-refractivity contribution < 1.29 is 14.3 Å². The first-order valence-corrected chi connectivity index (χ1v) is 12.5. The molecular formula is C29H23ClN2O3S. The highest BCUT2D eigenvalue weighted by Gasteiger charge is 2.24. The van der Waals surface area contributed by atoms with Crippen LogP contribution in [0, 0.1) is 6.92 Å². The smallest absolute Gasteiger partial charge is 0.264 e. The number of amidine groups is 1. The Hall–Kier alpha value is -3.74. The summed E-state index contributed by atoms with van der Waals surface area (Å²) in [4.78, 5) is 17.6. The molecule has 1 amide bonds. The summed E-state index contributed by atoms with van der Waals surface area (Å²) in [7, 11) is 1.60. The van der Waals surface area contributed by atoms with Gasteiger partial charge in [0.1, 0.15) is 6.61 Å². The van der Waals surface area contributed by atoms with E-state index in [-0.39, 0.29) is 5.91 Å². The molecule has 180 valence electrons. The number of halogens is 1. The Kier molecular flexibility index (Phi) is 6.98. The lowest BCUT2D eigenvalue weighted by Crippen LogP contribution is -2.19. The molecule has 4 aromatic rings. The molecule has 0 spiro atoms. The predicted octanol–water partition coefficient (Wildman–Crippen LogP) is 7.28. The highest BCUT2D eigenvalue weighted by Crippen LogP contribution is 2.34. The Morgan fingerprint density at radius 1 is 0.972 bits per heavy atom. The van der Waals surface area contributed by atoms with Crippen LogP contribution in [-0.4, -0.2) is 18.2 Å². The molecular weight excluding hydrogens is 492 g/mol. The number of methoxy groups -OCH3 is 1. The summed E-state index contributed by atoms with van der Waals surface area (Å²) in [6.07, 6.45) is 1.81. The van der Waals surface area contributed by atoms with E-state index in [9.17, 15) is 4.79 Å². The molecule has 0 aromatic heterocycles. The maximum atomic E-state index is 12.5. The average molecular weight is 515 g/mol. The average Bonchev–Trinajstić information content (AvgIpc) is 3.23. The largest absolute Gasteiger partial charge is 0.493 e. The van der Waals surface area contributed by atoms with Crippen molar-refractivity contribution in [1.82, 2.24) is 5.32 Å². The van der Waals surface area contributed by atoms with Gasteiger partial charge in [-0.3, -0.25) is 4.79 Å². The van der Waals surface area contributed by atoms with Crippen LogP contribution in [0.15, 0.2) is 88.8 Å². The molecule has 5 nitrogen and oxygen atoms in total. The molecule has 0 radical (unpaired) electrons. The molecule has 0 saturated carbocycles. The maximum absolute atomic E-state index is 12.5. The van der Waals surface area contributed by atoms with Crippen molar-refractivity contribution in [2.24, 2.45) is 4.99 Å². The molecule has 1 fully saturated rings. The van der Waals surface area contributed by atoms with Crippen molar-refractivity contribution in [3.63, 3.8) is 0 Å². The first-order valence-electron chi connectivity index (χ1n) is 11.3. The second kappa shape index (κ2) is 10.5. The molecule has 4 aromatic carbocycles. The van der Waals surface area contributed by atoms with E-state index in [1.807, 2.05) is 61.5 Å². The summed E-state index contributed by atoms with van der Waals surface area (Å²) >= 11 is 7.47. The first-order chi connectivity index (χ1) is 17.5. The molecule has 7 heteroatoms. The van der Waals surface area contributed by atoms with E-state index in [1.54, 1.807) is 7.11 Å². The second-order valence-electron chi connectivity index (χ2n) is 8.25. The zero-order chi connectivity index (χ0) is 25.1. The Bertz CT molecular complexity index is 1530. The molecule has 0 unspecified atom stereocenters. The minimum atomic E-state index is -0.200. The molecule has 1 aliphatic heterocycles. The van der Waals surface area contributed by atoms with Gasteiger partial charge < -0.3 is 14.8 Å². The standard InChI is InChI=1S/C29H23ClN2O3S/c1-18-23(30)8-5-9-24(18)31-29-32-28(33)27(36-29)16-19-11-13-25(26(15-19)34-2)35-17-20-10-12-21-6-3-4-7-22(21)14-20/h3-16H,17H2,1-2H3,(H,31,32,33)/b27-16+. The van der Waals surface area contributed by atoms with Gasteiger partial charge in [-0.1, -0.05) is 60.1 Å². The van der Waals surface area contributed by atoms with E-state index in [0.29, 0.717) is 33.2 Å². The summed E-state index contributed by atoms with van der Waals surface area (Å²) in [5, 5.41) is 6.34. The normalized spacial score (nSPS) is 15.5. The van der Waals surface area contributed by atoms with Crippen LogP contribution in [0.3, 0.4) is 0 Å². The number of fused-ring (bicyclic) bond motifs is 1. The van der Waals surface area contributed by atoms with Crippen LogP contribution in [0.25, 0.3) is 16.8 Å². The Morgan fingerprint density at radius 2 is 1.81 bits per heavy atom. The third-order valence-electron chi connectivity index (χ3n) is 5.81. The van der Waals surface area contributed by atoms with Gasteiger partial charge in [-0.25, -0.2) is 4.99 Å². The number of benzene rings is 4. The van der Waals surface area contributed by atoms with Crippen LogP contribution in [0.4, 0.5) is 5.69 Å². The molecule has 5 rings (SSSR count). The highest BCUT2D eigenvalue weighted by atomic mass is 35.5. The summed E-state index contributed by atoms with van der Waals surface area (Å²) in [6.45, 7) is 2.32. The molecule has 0 atom stereocenters. The molecule has 0 aliphatic carbocycles. The lowest BCUT2D eigenvalue weighted by molar-refractivity contribution is -0.115. The van der Waals surface area contributed by atoms with E-state index >= 15 is 0 Å². The topological polar surface area (TPSA) is 59.9 Å². The van der Waals surface area contributed by atoms with Crippen LogP contribution >= 0.6 is 23.4 Å². The molecule has 1 heterocycles. The van der Waals surface area contributed by atoms with Crippen molar-refractivity contribution in [2.45, 2.75) is 13.5 Å². The Morgan fingerprint density at radius 3 is 2.64 bits per heavy atom. The van der Waals surface area contributed by atoms with Crippen LogP contribution in [0.1, 0.15) is 16.7 Å². The van der Waals surface area contributed by atoms with Gasteiger partial charge in [0.25, 0.3) is 5.91 Å². The van der Waals surface area contributed by atoms with Gasteiger partial charge in [-0.05, 0) is 82.6 Å². The van der Waals surface area contributed by atoms with Crippen molar-refractivity contribution in [2.75, 3.05) is 7.11 Å². The zero-order valence-electron chi connectivity index (χ0n) is 19.7. The molecule has 1 saturated heterocycles. The first kappa shape index (κ1) is 24.0. The number of rotatable bonds is 6. The summed E-state index contributed by atoms with van der Waals surface area (Å²) < 4.78 is 11.6. The minimum absolute atomic E-state index is 0.200. The summed E-state index contributed by atoms with van der Waals surface area (Å²) in [6, 6.07) is 25.6. The SMILES string of the molecule is COc1cc(/C=C2/SC(=Nc3cccc(Cl)c3C)NC2=O)ccc1OCc1ccc2ccccc2c1.